The zero-order valence-corrected chi connectivity index (χ0v) is 12.0. The molecule has 1 unspecified atom stereocenters. The minimum absolute atomic E-state index is 0.101. The fourth-order valence-electron chi connectivity index (χ4n) is 3.27. The summed E-state index contributed by atoms with van der Waals surface area (Å²) in [5, 5.41) is 7.79. The van der Waals surface area contributed by atoms with E-state index >= 15 is 0 Å². The summed E-state index contributed by atoms with van der Waals surface area (Å²) in [5.74, 6) is 0.399. The van der Waals surface area contributed by atoms with Gasteiger partial charge in [-0.05, 0) is 44.2 Å². The van der Waals surface area contributed by atoms with E-state index in [2.05, 4.69) is 15.2 Å². The Morgan fingerprint density at radius 1 is 1.29 bits per heavy atom. The van der Waals surface area contributed by atoms with Gasteiger partial charge in [0.15, 0.2) is 11.5 Å². The Morgan fingerprint density at radius 2 is 2.05 bits per heavy atom. The predicted molar refractivity (Wildman–Crippen MR) is 76.7 cm³/mol. The fourth-order valence-corrected chi connectivity index (χ4v) is 3.27. The third-order valence-corrected chi connectivity index (χ3v) is 4.42. The van der Waals surface area contributed by atoms with Crippen LogP contribution in [-0.4, -0.2) is 27.0 Å². The van der Waals surface area contributed by atoms with Gasteiger partial charge in [-0.1, -0.05) is 0 Å². The molecule has 2 aromatic heterocycles. The molecular weight excluding hydrogens is 268 g/mol. The Balaban J connectivity index is 1.83. The minimum Gasteiger partial charge on any atom is -0.274 e. The monoisotopic (exact) mass is 284 g/mol. The van der Waals surface area contributed by atoms with Crippen LogP contribution in [-0.2, 0) is 9.59 Å². The molecule has 0 spiro atoms. The van der Waals surface area contributed by atoms with Crippen LogP contribution in [0, 0.1) is 25.7 Å². The molecular formula is C15H16N4O2. The topological polar surface area (TPSA) is 79.0 Å². The summed E-state index contributed by atoms with van der Waals surface area (Å²) < 4.78 is 0. The Labute approximate surface area is 121 Å². The number of imide groups is 1. The molecule has 3 heterocycles. The van der Waals surface area contributed by atoms with Crippen molar-refractivity contribution in [2.45, 2.75) is 33.1 Å². The number of hydrogen-bond acceptors (Lipinski definition) is 4. The highest BCUT2D eigenvalue weighted by atomic mass is 16.2. The molecule has 1 atom stereocenters. The summed E-state index contributed by atoms with van der Waals surface area (Å²) in [6.07, 6.45) is 2.42. The van der Waals surface area contributed by atoms with Gasteiger partial charge in [0.25, 0.3) is 0 Å². The Hall–Kier alpha value is -2.24. The van der Waals surface area contributed by atoms with Crippen LogP contribution in [0.5, 0.6) is 0 Å². The molecule has 0 bridgehead atoms. The molecule has 2 aliphatic rings. The number of nitrogens with one attached hydrogen (secondary N) is 1. The number of rotatable bonds is 2. The van der Waals surface area contributed by atoms with E-state index in [4.69, 9.17) is 0 Å². The minimum atomic E-state index is -0.150. The lowest BCUT2D eigenvalue weighted by atomic mass is 10.0. The molecule has 21 heavy (non-hydrogen) atoms. The van der Waals surface area contributed by atoms with Crippen LogP contribution in [0.1, 0.15) is 30.5 Å². The van der Waals surface area contributed by atoms with Gasteiger partial charge in [-0.25, -0.2) is 9.88 Å². The van der Waals surface area contributed by atoms with Crippen molar-refractivity contribution < 1.29 is 9.59 Å². The van der Waals surface area contributed by atoms with E-state index in [0.29, 0.717) is 23.8 Å². The van der Waals surface area contributed by atoms with E-state index < -0.39 is 0 Å². The van der Waals surface area contributed by atoms with Gasteiger partial charge in [-0.15, -0.1) is 0 Å². The van der Waals surface area contributed by atoms with Crippen molar-refractivity contribution in [3.63, 3.8) is 0 Å². The number of hydrogen-bond donors (Lipinski definition) is 1. The van der Waals surface area contributed by atoms with Crippen molar-refractivity contribution in [3.05, 3.63) is 17.3 Å². The van der Waals surface area contributed by atoms with Crippen LogP contribution in [0.25, 0.3) is 11.0 Å². The number of carbonyl (C=O) groups excluding carboxylic acids is 2. The molecule has 0 aromatic carbocycles. The lowest BCUT2D eigenvalue weighted by Gasteiger charge is -2.13. The summed E-state index contributed by atoms with van der Waals surface area (Å²) >= 11 is 0. The van der Waals surface area contributed by atoms with Crippen molar-refractivity contribution in [1.29, 1.82) is 0 Å². The first-order chi connectivity index (χ1) is 10.1. The summed E-state index contributed by atoms with van der Waals surface area (Å²) in [4.78, 5) is 30.5. The number of aryl methyl sites for hydroxylation is 2. The first-order valence-electron chi connectivity index (χ1n) is 7.25. The van der Waals surface area contributed by atoms with Crippen molar-refractivity contribution in [1.82, 2.24) is 15.2 Å². The molecule has 1 N–H and O–H groups in total. The molecule has 2 fully saturated rings. The van der Waals surface area contributed by atoms with Gasteiger partial charge in [0.2, 0.25) is 11.8 Å². The number of amides is 2. The summed E-state index contributed by atoms with van der Waals surface area (Å²) in [6.45, 7) is 3.85. The van der Waals surface area contributed by atoms with Crippen LogP contribution in [0.15, 0.2) is 6.07 Å². The second kappa shape index (κ2) is 4.13. The molecule has 2 amide bonds. The summed E-state index contributed by atoms with van der Waals surface area (Å²) in [7, 11) is 0. The van der Waals surface area contributed by atoms with Crippen LogP contribution < -0.4 is 4.90 Å². The van der Waals surface area contributed by atoms with E-state index in [0.717, 1.165) is 29.5 Å². The van der Waals surface area contributed by atoms with Crippen molar-refractivity contribution in [3.8, 4) is 0 Å². The number of aromatic amines is 1. The number of fused-ring (bicyclic) bond motifs is 1. The van der Waals surface area contributed by atoms with Gasteiger partial charge >= 0.3 is 0 Å². The Morgan fingerprint density at radius 3 is 2.76 bits per heavy atom. The molecule has 6 nitrogen and oxygen atoms in total. The standard InChI is InChI=1S/C15H16N4O2/c1-7-5-8(2)16-13-12(7)14(18-17-13)19-11(20)6-10(15(19)21)9-3-4-9/h5,9-10H,3-4,6H2,1-2H3,(H,16,17,18). The maximum absolute atomic E-state index is 12.5. The number of carbonyl (C=O) groups is 2. The van der Waals surface area contributed by atoms with Crippen LogP contribution in [0.3, 0.4) is 0 Å². The maximum atomic E-state index is 12.5. The van der Waals surface area contributed by atoms with E-state index in [1.807, 2.05) is 19.9 Å². The molecule has 0 radical (unpaired) electrons. The first-order valence-corrected chi connectivity index (χ1v) is 7.25. The SMILES string of the molecule is Cc1cc(C)c2c(N3C(=O)CC(C4CC4)C3=O)n[nH]c2n1. The molecule has 2 aromatic rings. The highest BCUT2D eigenvalue weighted by molar-refractivity contribution is 6.23. The normalized spacial score (nSPS) is 22.6. The van der Waals surface area contributed by atoms with Crippen LogP contribution >= 0.6 is 0 Å². The summed E-state index contributed by atoms with van der Waals surface area (Å²) in [6, 6.07) is 1.94. The predicted octanol–water partition coefficient (Wildman–Crippen LogP) is 1.86. The fraction of sp³-hybridized carbons (Fsp3) is 0.467. The van der Waals surface area contributed by atoms with E-state index in [1.54, 1.807) is 0 Å². The van der Waals surface area contributed by atoms with Gasteiger partial charge in [0.05, 0.1) is 11.3 Å². The lowest BCUT2D eigenvalue weighted by Crippen LogP contribution is -2.31. The molecule has 1 aliphatic carbocycles. The number of anilines is 1. The zero-order chi connectivity index (χ0) is 14.7. The van der Waals surface area contributed by atoms with Crippen molar-refractivity contribution in [2.24, 2.45) is 11.8 Å². The van der Waals surface area contributed by atoms with Gasteiger partial charge in [0.1, 0.15) is 0 Å². The quantitative estimate of drug-likeness (QED) is 0.854. The van der Waals surface area contributed by atoms with Gasteiger partial charge in [-0.3, -0.25) is 14.7 Å². The first kappa shape index (κ1) is 12.5. The van der Waals surface area contributed by atoms with Gasteiger partial charge in [-0.2, -0.15) is 5.10 Å². The van der Waals surface area contributed by atoms with Crippen molar-refractivity contribution >= 4 is 28.7 Å². The zero-order valence-electron chi connectivity index (χ0n) is 12.0. The van der Waals surface area contributed by atoms with E-state index in [9.17, 15) is 9.59 Å². The van der Waals surface area contributed by atoms with Crippen LogP contribution in [0.2, 0.25) is 0 Å². The highest BCUT2D eigenvalue weighted by Gasteiger charge is 2.48. The van der Waals surface area contributed by atoms with Crippen LogP contribution in [0.4, 0.5) is 5.82 Å². The summed E-state index contributed by atoms with van der Waals surface area (Å²) in [5.41, 5.74) is 2.47. The van der Waals surface area contributed by atoms with Crippen molar-refractivity contribution in [2.75, 3.05) is 4.90 Å². The largest absolute Gasteiger partial charge is 0.274 e. The molecule has 6 heteroatoms. The van der Waals surface area contributed by atoms with Gasteiger partial charge < -0.3 is 0 Å². The third kappa shape index (κ3) is 1.78. The number of pyridine rings is 1. The molecule has 1 saturated carbocycles. The average molecular weight is 284 g/mol. The Kier molecular flexibility index (Phi) is 2.46. The number of nitrogens with zero attached hydrogens (tertiary/aromatic N) is 3. The number of H-pyrrole nitrogens is 1. The maximum Gasteiger partial charge on any atom is 0.238 e. The average Bonchev–Trinajstić information content (AvgIpc) is 3.11. The Bertz CT molecular complexity index is 775. The third-order valence-electron chi connectivity index (χ3n) is 4.42. The second-order valence-corrected chi connectivity index (χ2v) is 6.07. The molecule has 108 valence electrons. The lowest BCUT2D eigenvalue weighted by molar-refractivity contribution is -0.122. The molecule has 1 saturated heterocycles. The molecule has 4 rings (SSSR count). The van der Waals surface area contributed by atoms with E-state index in [1.165, 1.54) is 4.90 Å². The smallest absolute Gasteiger partial charge is 0.238 e. The highest BCUT2D eigenvalue weighted by Crippen LogP contribution is 2.44. The second-order valence-electron chi connectivity index (χ2n) is 6.07. The van der Waals surface area contributed by atoms with Gasteiger partial charge in [0, 0.05) is 12.1 Å². The van der Waals surface area contributed by atoms with E-state index in [-0.39, 0.29) is 17.7 Å². The number of aromatic nitrogens is 3. The molecule has 1 aliphatic heterocycles.